The van der Waals surface area contributed by atoms with Crippen LogP contribution in [-0.4, -0.2) is 30.8 Å². The second kappa shape index (κ2) is 5.59. The molecule has 0 atom stereocenters. The molecule has 0 aliphatic rings. The van der Waals surface area contributed by atoms with Crippen LogP contribution in [0.4, 0.5) is 11.4 Å². The predicted octanol–water partition coefficient (Wildman–Crippen LogP) is 0.992. The van der Waals surface area contributed by atoms with Crippen LogP contribution in [0.5, 0.6) is 0 Å². The third kappa shape index (κ3) is 3.26. The zero-order valence-electron chi connectivity index (χ0n) is 9.00. The normalized spacial score (nSPS) is 9.47. The Morgan fingerprint density at radius 1 is 1.59 bits per heavy atom. The second-order valence-electron chi connectivity index (χ2n) is 3.08. The average Bonchev–Trinajstić information content (AvgIpc) is 2.35. The quantitative estimate of drug-likeness (QED) is 0.355. The predicted molar refractivity (Wildman–Crippen MR) is 59.0 cm³/mol. The van der Waals surface area contributed by atoms with Crippen molar-refractivity contribution >= 4 is 23.6 Å². The number of ether oxygens (including phenoxy) is 1. The zero-order valence-corrected chi connectivity index (χ0v) is 9.00. The Morgan fingerprint density at radius 2 is 2.29 bits per heavy atom. The molecule has 7 nitrogen and oxygen atoms in total. The highest BCUT2D eigenvalue weighted by Gasteiger charge is 2.15. The van der Waals surface area contributed by atoms with Crippen LogP contribution in [0.3, 0.4) is 0 Å². The van der Waals surface area contributed by atoms with Gasteiger partial charge in [-0.1, -0.05) is 0 Å². The zero-order chi connectivity index (χ0) is 12.8. The number of nitrogens with zero attached hydrogens (tertiary/aromatic N) is 1. The fraction of sp³-hybridized carbons (Fsp3) is 0.200. The number of nitro groups is 1. The lowest BCUT2D eigenvalue weighted by Crippen LogP contribution is -2.15. The molecule has 0 radical (unpaired) electrons. The lowest BCUT2D eigenvalue weighted by Gasteiger charge is -2.05. The van der Waals surface area contributed by atoms with Gasteiger partial charge >= 0.3 is 5.97 Å². The number of carbonyl (C=O) groups is 2. The Balaban J connectivity index is 2.94. The van der Waals surface area contributed by atoms with Gasteiger partial charge < -0.3 is 10.1 Å². The van der Waals surface area contributed by atoms with Gasteiger partial charge in [-0.05, 0) is 12.1 Å². The number of carbonyl (C=O) groups excluding carboxylic acids is 2. The SMILES string of the molecule is COC(=O)CNc1ccc(C=O)cc1[N+](=O)[O-]. The van der Waals surface area contributed by atoms with Crippen molar-refractivity contribution in [3.63, 3.8) is 0 Å². The summed E-state index contributed by atoms with van der Waals surface area (Å²) in [7, 11) is 1.22. The number of methoxy groups -OCH3 is 1. The minimum absolute atomic E-state index is 0.158. The summed E-state index contributed by atoms with van der Waals surface area (Å²) >= 11 is 0. The minimum Gasteiger partial charge on any atom is -0.468 e. The molecule has 1 aromatic rings. The molecule has 17 heavy (non-hydrogen) atoms. The molecule has 0 saturated carbocycles. The van der Waals surface area contributed by atoms with Crippen molar-refractivity contribution in [3.8, 4) is 0 Å². The highest BCUT2D eigenvalue weighted by atomic mass is 16.6. The molecule has 0 fully saturated rings. The Hall–Kier alpha value is -2.44. The molecule has 0 heterocycles. The van der Waals surface area contributed by atoms with E-state index in [1.807, 2.05) is 0 Å². The largest absolute Gasteiger partial charge is 0.468 e. The van der Waals surface area contributed by atoms with Gasteiger partial charge in [0.05, 0.1) is 12.0 Å². The molecular weight excluding hydrogens is 228 g/mol. The molecule has 1 N–H and O–H groups in total. The second-order valence-corrected chi connectivity index (χ2v) is 3.08. The van der Waals surface area contributed by atoms with E-state index in [-0.39, 0.29) is 23.5 Å². The number of nitrogens with one attached hydrogen (secondary N) is 1. The maximum atomic E-state index is 10.9. The first-order valence-electron chi connectivity index (χ1n) is 4.62. The Kier molecular flexibility index (Phi) is 4.15. The molecular formula is C10H10N2O5. The fourth-order valence-corrected chi connectivity index (χ4v) is 1.16. The summed E-state index contributed by atoms with van der Waals surface area (Å²) in [6.07, 6.45) is 0.511. The van der Waals surface area contributed by atoms with Crippen molar-refractivity contribution in [2.24, 2.45) is 0 Å². The summed E-state index contributed by atoms with van der Waals surface area (Å²) < 4.78 is 4.39. The molecule has 0 saturated heterocycles. The maximum absolute atomic E-state index is 10.9. The van der Waals surface area contributed by atoms with Crippen molar-refractivity contribution in [2.75, 3.05) is 19.0 Å². The van der Waals surface area contributed by atoms with Crippen molar-refractivity contribution < 1.29 is 19.2 Å². The molecule has 0 aliphatic carbocycles. The third-order valence-corrected chi connectivity index (χ3v) is 2.01. The smallest absolute Gasteiger partial charge is 0.325 e. The fourth-order valence-electron chi connectivity index (χ4n) is 1.16. The van der Waals surface area contributed by atoms with E-state index in [4.69, 9.17) is 0 Å². The Morgan fingerprint density at radius 3 is 2.82 bits per heavy atom. The van der Waals surface area contributed by atoms with Gasteiger partial charge in [0.1, 0.15) is 18.5 Å². The number of rotatable bonds is 5. The van der Waals surface area contributed by atoms with Crippen LogP contribution < -0.4 is 5.32 Å². The number of nitro benzene ring substituents is 1. The molecule has 0 unspecified atom stereocenters. The first-order valence-corrected chi connectivity index (χ1v) is 4.62. The van der Waals surface area contributed by atoms with E-state index in [1.165, 1.54) is 19.2 Å². The molecule has 0 spiro atoms. The van der Waals surface area contributed by atoms with Crippen LogP contribution >= 0.6 is 0 Å². The molecule has 7 heteroatoms. The highest BCUT2D eigenvalue weighted by molar-refractivity contribution is 5.81. The first-order chi connectivity index (χ1) is 8.08. The van der Waals surface area contributed by atoms with E-state index >= 15 is 0 Å². The average molecular weight is 238 g/mol. The first kappa shape index (κ1) is 12.6. The number of aldehydes is 1. The summed E-state index contributed by atoms with van der Waals surface area (Å²) in [5.41, 5.74) is 0.0878. The van der Waals surface area contributed by atoms with E-state index in [0.717, 1.165) is 6.07 Å². The molecule has 90 valence electrons. The number of benzene rings is 1. The van der Waals surface area contributed by atoms with Gasteiger partial charge in [0.2, 0.25) is 0 Å². The van der Waals surface area contributed by atoms with E-state index in [2.05, 4.69) is 10.1 Å². The summed E-state index contributed by atoms with van der Waals surface area (Å²) in [6, 6.07) is 3.91. The Bertz CT molecular complexity index is 458. The molecule has 1 aromatic carbocycles. The van der Waals surface area contributed by atoms with Crippen LogP contribution in [0.2, 0.25) is 0 Å². The van der Waals surface area contributed by atoms with E-state index in [9.17, 15) is 19.7 Å². The third-order valence-electron chi connectivity index (χ3n) is 2.01. The summed E-state index contributed by atoms with van der Waals surface area (Å²) in [5.74, 6) is -0.543. The van der Waals surface area contributed by atoms with Crippen molar-refractivity contribution in [2.45, 2.75) is 0 Å². The topological polar surface area (TPSA) is 98.5 Å². The van der Waals surface area contributed by atoms with Gasteiger partial charge in [-0.3, -0.25) is 19.7 Å². The van der Waals surface area contributed by atoms with Crippen molar-refractivity contribution in [1.29, 1.82) is 0 Å². The van der Waals surface area contributed by atoms with Crippen LogP contribution in [0, 0.1) is 10.1 Å². The van der Waals surface area contributed by atoms with Crippen molar-refractivity contribution in [3.05, 3.63) is 33.9 Å². The van der Waals surface area contributed by atoms with Gasteiger partial charge in [-0.15, -0.1) is 0 Å². The van der Waals surface area contributed by atoms with E-state index < -0.39 is 10.9 Å². The monoisotopic (exact) mass is 238 g/mol. The van der Waals surface area contributed by atoms with Crippen LogP contribution in [0.25, 0.3) is 0 Å². The van der Waals surface area contributed by atoms with Crippen molar-refractivity contribution in [1.82, 2.24) is 0 Å². The lowest BCUT2D eigenvalue weighted by atomic mass is 10.2. The summed E-state index contributed by atoms with van der Waals surface area (Å²) in [5, 5.41) is 13.3. The molecule has 0 amide bonds. The summed E-state index contributed by atoms with van der Waals surface area (Å²) in [6.45, 7) is -0.183. The van der Waals surface area contributed by atoms with Gasteiger partial charge in [0.25, 0.3) is 5.69 Å². The van der Waals surface area contributed by atoms with E-state index in [0.29, 0.717) is 6.29 Å². The number of anilines is 1. The number of esters is 1. The van der Waals surface area contributed by atoms with E-state index in [1.54, 1.807) is 0 Å². The number of hydrogen-bond donors (Lipinski definition) is 1. The molecule has 0 bridgehead atoms. The van der Waals surface area contributed by atoms with Gasteiger partial charge in [0, 0.05) is 11.6 Å². The molecule has 1 rings (SSSR count). The standard InChI is InChI=1S/C10H10N2O5/c1-17-10(14)5-11-8-3-2-7(6-13)4-9(8)12(15)16/h2-4,6,11H,5H2,1H3. The highest BCUT2D eigenvalue weighted by Crippen LogP contribution is 2.24. The van der Waals surface area contributed by atoms with Crippen LogP contribution in [0.15, 0.2) is 18.2 Å². The van der Waals surface area contributed by atoms with Crippen LogP contribution in [0.1, 0.15) is 10.4 Å². The minimum atomic E-state index is -0.632. The lowest BCUT2D eigenvalue weighted by molar-refractivity contribution is -0.384. The van der Waals surface area contributed by atoms with Crippen LogP contribution in [-0.2, 0) is 9.53 Å². The van der Waals surface area contributed by atoms with Gasteiger partial charge in [-0.25, -0.2) is 0 Å². The summed E-state index contributed by atoms with van der Waals surface area (Å²) in [4.78, 5) is 31.5. The molecule has 0 aliphatic heterocycles. The van der Waals surface area contributed by atoms with Gasteiger partial charge in [-0.2, -0.15) is 0 Å². The van der Waals surface area contributed by atoms with Gasteiger partial charge in [0.15, 0.2) is 0 Å². The maximum Gasteiger partial charge on any atom is 0.325 e. The Labute approximate surface area is 96.5 Å². The number of hydrogen-bond acceptors (Lipinski definition) is 6. The molecule has 0 aromatic heterocycles.